The van der Waals surface area contributed by atoms with Gasteiger partial charge in [0.1, 0.15) is 17.7 Å². The molecule has 0 radical (unpaired) electrons. The lowest BCUT2D eigenvalue weighted by Crippen LogP contribution is -2.63. The standard InChI is InChI=1S/C18H23F2N3O2/c1-10(24)22-6-11-7-23(17(11)8-22)13-5-16(21)18(25-9-13)14-4-12(19)2-3-15(14)20/h2-4,11,13,16-18H,5-9,21H2,1H3. The van der Waals surface area contributed by atoms with Crippen molar-refractivity contribution in [3.05, 3.63) is 35.4 Å². The number of hydrogen-bond donors (Lipinski definition) is 1. The van der Waals surface area contributed by atoms with Crippen LogP contribution in [0.4, 0.5) is 8.78 Å². The Morgan fingerprint density at radius 2 is 2.08 bits per heavy atom. The second-order valence-corrected chi connectivity index (χ2v) is 7.42. The molecule has 0 aliphatic carbocycles. The highest BCUT2D eigenvalue weighted by molar-refractivity contribution is 5.73. The molecule has 5 atom stereocenters. The van der Waals surface area contributed by atoms with Crippen LogP contribution in [-0.2, 0) is 9.53 Å². The van der Waals surface area contributed by atoms with Crippen LogP contribution in [0.25, 0.3) is 0 Å². The number of benzene rings is 1. The Morgan fingerprint density at radius 3 is 2.80 bits per heavy atom. The number of halogens is 2. The summed E-state index contributed by atoms with van der Waals surface area (Å²) in [6.07, 6.45) is 0.0468. The monoisotopic (exact) mass is 351 g/mol. The highest BCUT2D eigenvalue weighted by Gasteiger charge is 2.50. The average Bonchev–Trinajstić information content (AvgIpc) is 2.88. The van der Waals surface area contributed by atoms with Crippen LogP contribution in [-0.4, -0.2) is 60.1 Å². The van der Waals surface area contributed by atoms with Crippen molar-refractivity contribution in [2.75, 3.05) is 26.2 Å². The molecule has 0 bridgehead atoms. The fourth-order valence-corrected chi connectivity index (χ4v) is 4.48. The van der Waals surface area contributed by atoms with Gasteiger partial charge in [0.2, 0.25) is 5.91 Å². The molecule has 25 heavy (non-hydrogen) atoms. The highest BCUT2D eigenvalue weighted by Crippen LogP contribution is 2.38. The number of nitrogens with zero attached hydrogens (tertiary/aromatic N) is 2. The van der Waals surface area contributed by atoms with Crippen LogP contribution in [0.2, 0.25) is 0 Å². The molecule has 1 aromatic rings. The van der Waals surface area contributed by atoms with E-state index < -0.39 is 17.7 Å². The summed E-state index contributed by atoms with van der Waals surface area (Å²) in [5.41, 5.74) is 6.44. The van der Waals surface area contributed by atoms with Gasteiger partial charge in [-0.25, -0.2) is 8.78 Å². The fraction of sp³-hybridized carbons (Fsp3) is 0.611. The third-order valence-corrected chi connectivity index (χ3v) is 5.86. The third kappa shape index (κ3) is 2.94. The minimum atomic E-state index is -0.624. The number of carbonyl (C=O) groups excluding carboxylic acids is 1. The molecule has 7 heteroatoms. The van der Waals surface area contributed by atoms with E-state index in [4.69, 9.17) is 10.5 Å². The van der Waals surface area contributed by atoms with Crippen molar-refractivity contribution in [1.82, 2.24) is 9.80 Å². The van der Waals surface area contributed by atoms with Crippen molar-refractivity contribution in [2.45, 2.75) is 37.6 Å². The van der Waals surface area contributed by atoms with Gasteiger partial charge >= 0.3 is 0 Å². The van der Waals surface area contributed by atoms with Gasteiger partial charge in [0, 0.05) is 56.2 Å². The zero-order chi connectivity index (χ0) is 17.7. The minimum Gasteiger partial charge on any atom is -0.370 e. The molecule has 3 aliphatic rings. The normalized spacial score (nSPS) is 35.4. The lowest BCUT2D eigenvalue weighted by Gasteiger charge is -2.50. The lowest BCUT2D eigenvalue weighted by atomic mass is 9.86. The van der Waals surface area contributed by atoms with E-state index in [1.807, 2.05) is 4.90 Å². The smallest absolute Gasteiger partial charge is 0.219 e. The lowest BCUT2D eigenvalue weighted by molar-refractivity contribution is -0.127. The first-order chi connectivity index (χ1) is 11.9. The second kappa shape index (κ2) is 6.30. The van der Waals surface area contributed by atoms with Gasteiger partial charge in [-0.1, -0.05) is 0 Å². The number of amides is 1. The van der Waals surface area contributed by atoms with E-state index in [0.717, 1.165) is 31.8 Å². The van der Waals surface area contributed by atoms with Crippen LogP contribution in [0.1, 0.15) is 25.0 Å². The molecule has 4 rings (SSSR count). The van der Waals surface area contributed by atoms with Crippen molar-refractivity contribution in [1.29, 1.82) is 0 Å². The van der Waals surface area contributed by atoms with Gasteiger partial charge in [-0.05, 0) is 24.6 Å². The Hall–Kier alpha value is -1.57. The van der Waals surface area contributed by atoms with Crippen LogP contribution >= 0.6 is 0 Å². The van der Waals surface area contributed by atoms with Crippen molar-refractivity contribution >= 4 is 5.91 Å². The van der Waals surface area contributed by atoms with Gasteiger partial charge in [-0.3, -0.25) is 9.69 Å². The Bertz CT molecular complexity index is 686. The van der Waals surface area contributed by atoms with Gasteiger partial charge in [0.15, 0.2) is 0 Å². The van der Waals surface area contributed by atoms with E-state index in [1.54, 1.807) is 6.92 Å². The first kappa shape index (κ1) is 16.9. The molecule has 1 aromatic carbocycles. The number of ether oxygens (including phenoxy) is 1. The summed E-state index contributed by atoms with van der Waals surface area (Å²) in [7, 11) is 0. The Labute approximate surface area is 145 Å². The topological polar surface area (TPSA) is 58.8 Å². The molecular weight excluding hydrogens is 328 g/mol. The molecule has 0 aromatic heterocycles. The molecule has 3 aliphatic heterocycles. The minimum absolute atomic E-state index is 0.118. The predicted molar refractivity (Wildman–Crippen MR) is 87.7 cm³/mol. The zero-order valence-corrected chi connectivity index (χ0v) is 14.2. The molecule has 1 amide bonds. The quantitative estimate of drug-likeness (QED) is 0.872. The van der Waals surface area contributed by atoms with Crippen LogP contribution in [0.15, 0.2) is 18.2 Å². The predicted octanol–water partition coefficient (Wildman–Crippen LogP) is 1.28. The largest absolute Gasteiger partial charge is 0.370 e. The number of rotatable bonds is 2. The Balaban J connectivity index is 1.41. The Kier molecular flexibility index (Phi) is 4.25. The SMILES string of the molecule is CC(=O)N1CC2CN(C3COC(c4cc(F)ccc4F)C(N)C3)C2C1. The van der Waals surface area contributed by atoms with Crippen molar-refractivity contribution < 1.29 is 18.3 Å². The van der Waals surface area contributed by atoms with E-state index in [9.17, 15) is 13.6 Å². The molecular formula is C18H23F2N3O2. The van der Waals surface area contributed by atoms with E-state index in [-0.39, 0.29) is 23.6 Å². The summed E-state index contributed by atoms with van der Waals surface area (Å²) in [6, 6.07) is 3.52. The molecule has 3 heterocycles. The molecule has 0 saturated carbocycles. The van der Waals surface area contributed by atoms with Gasteiger partial charge in [0.05, 0.1) is 6.61 Å². The average molecular weight is 351 g/mol. The third-order valence-electron chi connectivity index (χ3n) is 5.86. The number of carbonyl (C=O) groups is 1. The van der Waals surface area contributed by atoms with Gasteiger partial charge in [-0.2, -0.15) is 0 Å². The van der Waals surface area contributed by atoms with Crippen LogP contribution in [0.5, 0.6) is 0 Å². The Morgan fingerprint density at radius 1 is 1.28 bits per heavy atom. The first-order valence-electron chi connectivity index (χ1n) is 8.77. The van der Waals surface area contributed by atoms with E-state index >= 15 is 0 Å². The van der Waals surface area contributed by atoms with Gasteiger partial charge < -0.3 is 15.4 Å². The van der Waals surface area contributed by atoms with E-state index in [0.29, 0.717) is 25.0 Å². The number of nitrogens with two attached hydrogens (primary N) is 1. The number of fused-ring (bicyclic) bond motifs is 1. The van der Waals surface area contributed by atoms with Crippen molar-refractivity contribution in [3.8, 4) is 0 Å². The molecule has 5 nitrogen and oxygen atoms in total. The van der Waals surface area contributed by atoms with Crippen LogP contribution in [0.3, 0.4) is 0 Å². The summed E-state index contributed by atoms with van der Waals surface area (Å²) < 4.78 is 33.3. The molecule has 3 fully saturated rings. The van der Waals surface area contributed by atoms with Crippen molar-refractivity contribution in [2.24, 2.45) is 11.7 Å². The van der Waals surface area contributed by atoms with Gasteiger partial charge in [-0.15, -0.1) is 0 Å². The molecule has 136 valence electrons. The van der Waals surface area contributed by atoms with Crippen LogP contribution in [0, 0.1) is 17.6 Å². The molecule has 2 N–H and O–H groups in total. The summed E-state index contributed by atoms with van der Waals surface area (Å²) >= 11 is 0. The van der Waals surface area contributed by atoms with Crippen molar-refractivity contribution in [3.63, 3.8) is 0 Å². The second-order valence-electron chi connectivity index (χ2n) is 7.42. The van der Waals surface area contributed by atoms with Gasteiger partial charge in [0.25, 0.3) is 0 Å². The maximum Gasteiger partial charge on any atom is 0.219 e. The fourth-order valence-electron chi connectivity index (χ4n) is 4.48. The summed E-state index contributed by atoms with van der Waals surface area (Å²) in [5.74, 6) is -0.335. The summed E-state index contributed by atoms with van der Waals surface area (Å²) in [5, 5.41) is 0. The summed E-state index contributed by atoms with van der Waals surface area (Å²) in [6.45, 7) is 4.57. The molecule has 3 saturated heterocycles. The van der Waals surface area contributed by atoms with E-state index in [2.05, 4.69) is 4.90 Å². The summed E-state index contributed by atoms with van der Waals surface area (Å²) in [4.78, 5) is 15.8. The highest BCUT2D eigenvalue weighted by atomic mass is 19.1. The molecule has 0 spiro atoms. The zero-order valence-electron chi connectivity index (χ0n) is 14.2. The van der Waals surface area contributed by atoms with Crippen LogP contribution < -0.4 is 5.73 Å². The maximum absolute atomic E-state index is 14.0. The van der Waals surface area contributed by atoms with E-state index in [1.165, 1.54) is 6.07 Å². The first-order valence-corrected chi connectivity index (χ1v) is 8.77. The number of hydrogen-bond acceptors (Lipinski definition) is 4. The maximum atomic E-state index is 14.0. The number of likely N-dealkylation sites (tertiary alicyclic amines) is 2. The molecule has 5 unspecified atom stereocenters.